The van der Waals surface area contributed by atoms with Crippen LogP contribution in [0.4, 0.5) is 5.13 Å². The monoisotopic (exact) mass is 387 g/mol. The van der Waals surface area contributed by atoms with Crippen molar-refractivity contribution in [1.29, 1.82) is 0 Å². The number of ether oxygens (including phenoxy) is 1. The molecule has 0 unspecified atom stereocenters. The minimum absolute atomic E-state index is 0.126. The zero-order valence-corrected chi connectivity index (χ0v) is 15.7. The summed E-state index contributed by atoms with van der Waals surface area (Å²) < 4.78 is 5.19. The molecule has 0 amide bonds. The first kappa shape index (κ1) is 18.2. The molecule has 0 aromatic carbocycles. The molecular weight excluding hydrogens is 370 g/mol. The van der Waals surface area contributed by atoms with E-state index in [2.05, 4.69) is 15.3 Å². The van der Waals surface area contributed by atoms with Gasteiger partial charge in [-0.1, -0.05) is 23.5 Å². The number of hydrogen-bond donors (Lipinski definition) is 1. The number of aryl methyl sites for hydroxylation is 1. The first-order valence-electron chi connectivity index (χ1n) is 8.02. The summed E-state index contributed by atoms with van der Waals surface area (Å²) in [5, 5.41) is 5.64. The van der Waals surface area contributed by atoms with E-state index < -0.39 is 0 Å². The molecule has 0 aliphatic heterocycles. The van der Waals surface area contributed by atoms with E-state index in [1.54, 1.807) is 24.5 Å². The van der Waals surface area contributed by atoms with Gasteiger partial charge < -0.3 is 10.1 Å². The highest BCUT2D eigenvalue weighted by Crippen LogP contribution is 2.21. The quantitative estimate of drug-likeness (QED) is 0.360. The van der Waals surface area contributed by atoms with E-state index in [0.29, 0.717) is 40.2 Å². The van der Waals surface area contributed by atoms with Crippen LogP contribution < -0.4 is 5.32 Å². The average Bonchev–Trinajstić information content (AvgIpc) is 3.33. The van der Waals surface area contributed by atoms with Crippen LogP contribution in [0.25, 0.3) is 0 Å². The minimum atomic E-state index is -0.298. The number of nitrogens with zero attached hydrogens (tertiary/aromatic N) is 2. The normalized spacial score (nSPS) is 10.5. The van der Waals surface area contributed by atoms with Crippen molar-refractivity contribution < 1.29 is 14.3 Å². The van der Waals surface area contributed by atoms with Crippen molar-refractivity contribution in [2.45, 2.75) is 13.3 Å². The van der Waals surface area contributed by atoms with E-state index in [0.717, 1.165) is 5.56 Å². The Morgan fingerprint density at radius 2 is 2.08 bits per heavy atom. The van der Waals surface area contributed by atoms with Gasteiger partial charge in [0.1, 0.15) is 10.6 Å². The Labute approximate surface area is 158 Å². The SMILES string of the molecule is Cc1cccnc1C(=O)c1cnc(NCCCOC(=O)c2cccs2)s1. The number of esters is 1. The highest BCUT2D eigenvalue weighted by molar-refractivity contribution is 7.17. The number of thiophene rings is 1. The standard InChI is InChI=1S/C18H17N3O3S2/c1-12-5-2-7-19-15(12)16(22)14-11-21-18(26-14)20-8-4-9-24-17(23)13-6-3-10-25-13/h2-3,5-7,10-11H,4,8-9H2,1H3,(H,20,21). The zero-order valence-electron chi connectivity index (χ0n) is 14.1. The molecule has 6 nitrogen and oxygen atoms in total. The second-order valence-electron chi connectivity index (χ2n) is 5.42. The number of carbonyl (C=O) groups excluding carboxylic acids is 2. The molecular formula is C18H17N3O3S2. The number of thiazole rings is 1. The van der Waals surface area contributed by atoms with Gasteiger partial charge in [-0.3, -0.25) is 9.78 Å². The van der Waals surface area contributed by atoms with Gasteiger partial charge in [-0.15, -0.1) is 11.3 Å². The van der Waals surface area contributed by atoms with Crippen molar-refractivity contribution in [1.82, 2.24) is 9.97 Å². The molecule has 0 aliphatic rings. The van der Waals surface area contributed by atoms with Gasteiger partial charge >= 0.3 is 5.97 Å². The van der Waals surface area contributed by atoms with E-state index in [9.17, 15) is 9.59 Å². The molecule has 8 heteroatoms. The molecule has 1 N–H and O–H groups in total. The minimum Gasteiger partial charge on any atom is -0.461 e. The van der Waals surface area contributed by atoms with Crippen LogP contribution in [0.3, 0.4) is 0 Å². The van der Waals surface area contributed by atoms with E-state index in [1.165, 1.54) is 22.7 Å². The van der Waals surface area contributed by atoms with Crippen LogP contribution in [0.2, 0.25) is 0 Å². The molecule has 3 aromatic rings. The molecule has 134 valence electrons. The highest BCUT2D eigenvalue weighted by Gasteiger charge is 2.16. The van der Waals surface area contributed by atoms with Crippen LogP contribution in [0.15, 0.2) is 42.0 Å². The Bertz CT molecular complexity index is 891. The molecule has 0 spiro atoms. The number of anilines is 1. The second-order valence-corrected chi connectivity index (χ2v) is 7.40. The Morgan fingerprint density at radius 1 is 1.19 bits per heavy atom. The molecule has 0 radical (unpaired) electrons. The number of nitrogens with one attached hydrogen (secondary N) is 1. The van der Waals surface area contributed by atoms with E-state index in [-0.39, 0.29) is 11.8 Å². The van der Waals surface area contributed by atoms with Gasteiger partial charge in [0, 0.05) is 12.7 Å². The fourth-order valence-electron chi connectivity index (χ4n) is 2.20. The number of hydrogen-bond acceptors (Lipinski definition) is 8. The lowest BCUT2D eigenvalue weighted by atomic mass is 10.1. The van der Waals surface area contributed by atoms with E-state index in [4.69, 9.17) is 4.74 Å². The molecule has 3 rings (SSSR count). The number of ketones is 1. The Hall–Kier alpha value is -2.58. The van der Waals surface area contributed by atoms with Gasteiger partial charge in [0.05, 0.1) is 17.7 Å². The van der Waals surface area contributed by atoms with Gasteiger partial charge in [-0.05, 0) is 36.4 Å². The maximum Gasteiger partial charge on any atom is 0.348 e. The lowest BCUT2D eigenvalue weighted by Gasteiger charge is -2.04. The Kier molecular flexibility index (Phi) is 6.08. The molecule has 0 atom stereocenters. The van der Waals surface area contributed by atoms with Gasteiger partial charge in [0.25, 0.3) is 0 Å². The highest BCUT2D eigenvalue weighted by atomic mass is 32.1. The molecule has 3 heterocycles. The maximum absolute atomic E-state index is 12.5. The largest absolute Gasteiger partial charge is 0.461 e. The van der Waals surface area contributed by atoms with E-state index in [1.807, 2.05) is 24.4 Å². The van der Waals surface area contributed by atoms with Crippen LogP contribution >= 0.6 is 22.7 Å². The van der Waals surface area contributed by atoms with Crippen LogP contribution in [0.1, 0.15) is 37.0 Å². The van der Waals surface area contributed by atoms with Crippen LogP contribution in [-0.4, -0.2) is 34.9 Å². The van der Waals surface area contributed by atoms with Crippen molar-refractivity contribution >= 4 is 39.6 Å². The molecule has 0 aliphatic carbocycles. The van der Waals surface area contributed by atoms with Gasteiger partial charge in [0.15, 0.2) is 5.13 Å². The smallest absolute Gasteiger partial charge is 0.348 e. The summed E-state index contributed by atoms with van der Waals surface area (Å²) in [7, 11) is 0. The van der Waals surface area contributed by atoms with Crippen LogP contribution in [-0.2, 0) is 4.74 Å². The molecule has 3 aromatic heterocycles. The number of aromatic nitrogens is 2. The first-order valence-corrected chi connectivity index (χ1v) is 9.71. The molecule has 26 heavy (non-hydrogen) atoms. The number of rotatable bonds is 8. The summed E-state index contributed by atoms with van der Waals surface area (Å²) in [5.74, 6) is -0.425. The fraction of sp³-hybridized carbons (Fsp3) is 0.222. The third-order valence-electron chi connectivity index (χ3n) is 3.51. The van der Waals surface area contributed by atoms with Crippen molar-refractivity contribution in [3.63, 3.8) is 0 Å². The topological polar surface area (TPSA) is 81.2 Å². The van der Waals surface area contributed by atoms with Crippen molar-refractivity contribution in [3.8, 4) is 0 Å². The molecule has 0 fully saturated rings. The molecule has 0 bridgehead atoms. The van der Waals surface area contributed by atoms with Crippen molar-refractivity contribution in [2.24, 2.45) is 0 Å². The second kappa shape index (κ2) is 8.68. The predicted octanol–water partition coefficient (Wildman–Crippen LogP) is 3.80. The summed E-state index contributed by atoms with van der Waals surface area (Å²) in [6.07, 6.45) is 3.82. The van der Waals surface area contributed by atoms with Crippen molar-refractivity contribution in [3.05, 3.63) is 63.1 Å². The van der Waals surface area contributed by atoms with Crippen LogP contribution in [0.5, 0.6) is 0 Å². The Morgan fingerprint density at radius 3 is 2.85 bits per heavy atom. The maximum atomic E-state index is 12.5. The summed E-state index contributed by atoms with van der Waals surface area (Å²) >= 11 is 2.65. The number of pyridine rings is 1. The molecule has 0 saturated carbocycles. The summed E-state index contributed by atoms with van der Waals surface area (Å²) in [5.41, 5.74) is 1.29. The van der Waals surface area contributed by atoms with Crippen LogP contribution in [0, 0.1) is 6.92 Å². The lowest BCUT2D eigenvalue weighted by Crippen LogP contribution is -2.09. The zero-order chi connectivity index (χ0) is 18.4. The van der Waals surface area contributed by atoms with Gasteiger partial charge in [0.2, 0.25) is 5.78 Å². The molecule has 0 saturated heterocycles. The van der Waals surface area contributed by atoms with Gasteiger partial charge in [-0.2, -0.15) is 0 Å². The summed E-state index contributed by atoms with van der Waals surface area (Å²) in [6, 6.07) is 7.22. The number of carbonyl (C=O) groups is 2. The van der Waals surface area contributed by atoms with E-state index >= 15 is 0 Å². The summed E-state index contributed by atoms with van der Waals surface area (Å²) in [6.45, 7) is 2.79. The van der Waals surface area contributed by atoms with Gasteiger partial charge in [-0.25, -0.2) is 9.78 Å². The Balaban J connectivity index is 1.45. The predicted molar refractivity (Wildman–Crippen MR) is 102 cm³/mol. The fourth-order valence-corrected chi connectivity index (χ4v) is 3.60. The third kappa shape index (κ3) is 4.53. The van der Waals surface area contributed by atoms with Crippen molar-refractivity contribution in [2.75, 3.05) is 18.5 Å². The summed E-state index contributed by atoms with van der Waals surface area (Å²) in [4.78, 5) is 33.7. The third-order valence-corrected chi connectivity index (χ3v) is 5.31. The average molecular weight is 387 g/mol. The lowest BCUT2D eigenvalue weighted by molar-refractivity contribution is 0.0509. The first-order chi connectivity index (χ1) is 12.6.